The van der Waals surface area contributed by atoms with E-state index in [4.69, 9.17) is 4.42 Å². The van der Waals surface area contributed by atoms with Gasteiger partial charge in [0.15, 0.2) is 0 Å². The molecule has 2 amide bonds. The van der Waals surface area contributed by atoms with Crippen LogP contribution in [0.2, 0.25) is 0 Å². The van der Waals surface area contributed by atoms with Crippen molar-refractivity contribution in [3.63, 3.8) is 0 Å². The molecule has 4 heterocycles. The first kappa shape index (κ1) is 17.6. The van der Waals surface area contributed by atoms with Crippen molar-refractivity contribution in [1.82, 2.24) is 14.7 Å². The highest BCUT2D eigenvalue weighted by Gasteiger charge is 2.34. The van der Waals surface area contributed by atoms with Crippen LogP contribution < -0.4 is 0 Å². The normalized spacial score (nSPS) is 25.6. The van der Waals surface area contributed by atoms with Crippen LogP contribution in [-0.4, -0.2) is 71.8 Å². The minimum Gasteiger partial charge on any atom is -0.472 e. The summed E-state index contributed by atoms with van der Waals surface area (Å²) < 4.78 is 5.03. The number of likely N-dealkylation sites (tertiary alicyclic amines) is 3. The molecule has 0 aromatic carbocycles. The number of hydrogen-bond acceptors (Lipinski definition) is 4. The predicted octanol–water partition coefficient (Wildman–Crippen LogP) is 2.22. The zero-order chi connectivity index (χ0) is 17.9. The lowest BCUT2D eigenvalue weighted by molar-refractivity contribution is -0.136. The van der Waals surface area contributed by atoms with Gasteiger partial charge in [0.05, 0.1) is 17.7 Å². The van der Waals surface area contributed by atoms with Gasteiger partial charge in [-0.15, -0.1) is 0 Å². The molecular formula is C20H29N3O3. The third-order valence-electron chi connectivity index (χ3n) is 6.26. The van der Waals surface area contributed by atoms with E-state index < -0.39 is 0 Å². The van der Waals surface area contributed by atoms with Crippen LogP contribution in [0.3, 0.4) is 0 Å². The van der Waals surface area contributed by atoms with E-state index in [-0.39, 0.29) is 11.8 Å². The lowest BCUT2D eigenvalue weighted by atomic mass is 9.93. The summed E-state index contributed by atoms with van der Waals surface area (Å²) in [5, 5.41) is 0. The highest BCUT2D eigenvalue weighted by Crippen LogP contribution is 2.26. The number of rotatable bonds is 3. The molecule has 0 saturated carbocycles. The molecule has 3 fully saturated rings. The van der Waals surface area contributed by atoms with Gasteiger partial charge < -0.3 is 14.2 Å². The average molecular weight is 359 g/mol. The molecule has 26 heavy (non-hydrogen) atoms. The molecule has 0 unspecified atom stereocenters. The molecule has 3 saturated heterocycles. The van der Waals surface area contributed by atoms with Gasteiger partial charge in [0, 0.05) is 38.8 Å². The molecule has 0 N–H and O–H groups in total. The fourth-order valence-corrected chi connectivity index (χ4v) is 4.74. The van der Waals surface area contributed by atoms with E-state index in [1.165, 1.54) is 6.26 Å². The Morgan fingerprint density at radius 1 is 0.923 bits per heavy atom. The maximum absolute atomic E-state index is 12.7. The molecule has 6 nitrogen and oxygen atoms in total. The van der Waals surface area contributed by atoms with E-state index in [9.17, 15) is 9.59 Å². The molecular weight excluding hydrogens is 330 g/mol. The summed E-state index contributed by atoms with van der Waals surface area (Å²) in [6, 6.07) is 2.23. The molecule has 1 aromatic rings. The molecule has 0 spiro atoms. The number of furan rings is 1. The number of nitrogens with zero attached hydrogens (tertiary/aromatic N) is 3. The van der Waals surface area contributed by atoms with Gasteiger partial charge in [-0.05, 0) is 51.1 Å². The Morgan fingerprint density at radius 2 is 1.69 bits per heavy atom. The van der Waals surface area contributed by atoms with Crippen LogP contribution >= 0.6 is 0 Å². The Kier molecular flexibility index (Phi) is 5.29. The lowest BCUT2D eigenvalue weighted by Gasteiger charge is -2.42. The van der Waals surface area contributed by atoms with Crippen molar-refractivity contribution < 1.29 is 14.0 Å². The van der Waals surface area contributed by atoms with Crippen molar-refractivity contribution in [3.05, 3.63) is 24.2 Å². The Hall–Kier alpha value is -1.82. The first-order chi connectivity index (χ1) is 12.7. The number of carbonyl (C=O) groups excluding carboxylic acids is 2. The number of piperidine rings is 2. The summed E-state index contributed by atoms with van der Waals surface area (Å²) >= 11 is 0. The van der Waals surface area contributed by atoms with E-state index in [1.54, 1.807) is 12.3 Å². The van der Waals surface area contributed by atoms with Crippen LogP contribution in [-0.2, 0) is 4.79 Å². The summed E-state index contributed by atoms with van der Waals surface area (Å²) in [5.74, 6) is 0.616. The summed E-state index contributed by atoms with van der Waals surface area (Å²) in [5.41, 5.74) is 0.637. The summed E-state index contributed by atoms with van der Waals surface area (Å²) in [6.07, 6.45) is 9.51. The predicted molar refractivity (Wildman–Crippen MR) is 97.7 cm³/mol. The van der Waals surface area contributed by atoms with Crippen molar-refractivity contribution in [2.75, 3.05) is 39.3 Å². The van der Waals surface area contributed by atoms with E-state index in [0.29, 0.717) is 17.5 Å². The van der Waals surface area contributed by atoms with Gasteiger partial charge in [0.1, 0.15) is 6.26 Å². The topological polar surface area (TPSA) is 57.0 Å². The third kappa shape index (κ3) is 3.65. The second kappa shape index (κ2) is 7.82. The first-order valence-corrected chi connectivity index (χ1v) is 10.1. The number of amides is 2. The van der Waals surface area contributed by atoms with Gasteiger partial charge in [0.2, 0.25) is 5.91 Å². The van der Waals surface area contributed by atoms with E-state index in [1.807, 2.05) is 4.90 Å². The molecule has 6 heteroatoms. The summed E-state index contributed by atoms with van der Waals surface area (Å²) in [7, 11) is 0. The highest BCUT2D eigenvalue weighted by atomic mass is 16.3. The second-order valence-corrected chi connectivity index (χ2v) is 7.90. The Balaban J connectivity index is 1.30. The second-order valence-electron chi connectivity index (χ2n) is 7.90. The fraction of sp³-hybridized carbons (Fsp3) is 0.700. The van der Waals surface area contributed by atoms with Crippen molar-refractivity contribution in [3.8, 4) is 0 Å². The van der Waals surface area contributed by atoms with Gasteiger partial charge in [-0.1, -0.05) is 0 Å². The largest absolute Gasteiger partial charge is 0.472 e. The number of hydrogen-bond donors (Lipinski definition) is 0. The van der Waals surface area contributed by atoms with Crippen molar-refractivity contribution in [2.45, 2.75) is 44.6 Å². The Morgan fingerprint density at radius 3 is 2.38 bits per heavy atom. The van der Waals surface area contributed by atoms with E-state index in [0.717, 1.165) is 77.8 Å². The van der Waals surface area contributed by atoms with Crippen molar-refractivity contribution in [2.24, 2.45) is 5.92 Å². The van der Waals surface area contributed by atoms with Gasteiger partial charge in [0.25, 0.3) is 5.91 Å². The van der Waals surface area contributed by atoms with Crippen LogP contribution in [0.4, 0.5) is 0 Å². The van der Waals surface area contributed by atoms with Gasteiger partial charge in [-0.25, -0.2) is 0 Å². The molecule has 1 aromatic heterocycles. The zero-order valence-electron chi connectivity index (χ0n) is 15.4. The summed E-state index contributed by atoms with van der Waals surface area (Å²) in [4.78, 5) is 31.7. The molecule has 142 valence electrons. The molecule has 3 aliphatic rings. The molecule has 0 radical (unpaired) electrons. The average Bonchev–Trinajstić information content (AvgIpc) is 3.41. The zero-order valence-corrected chi connectivity index (χ0v) is 15.4. The van der Waals surface area contributed by atoms with Crippen LogP contribution in [0.25, 0.3) is 0 Å². The van der Waals surface area contributed by atoms with Gasteiger partial charge in [-0.2, -0.15) is 0 Å². The highest BCUT2D eigenvalue weighted by molar-refractivity contribution is 5.93. The Bertz CT molecular complexity index is 616. The molecule has 3 aliphatic heterocycles. The SMILES string of the molecule is O=C(c1ccoc1)N1CCC(N2CCC[C@H](C(=O)N3CCCC3)C2)CC1. The molecule has 0 aliphatic carbocycles. The maximum Gasteiger partial charge on any atom is 0.257 e. The van der Waals surface area contributed by atoms with Crippen LogP contribution in [0.5, 0.6) is 0 Å². The monoisotopic (exact) mass is 359 g/mol. The molecule has 4 rings (SSSR count). The number of carbonyl (C=O) groups is 2. The lowest BCUT2D eigenvalue weighted by Crippen LogP contribution is -2.51. The van der Waals surface area contributed by atoms with Gasteiger partial charge in [-0.3, -0.25) is 14.5 Å². The van der Waals surface area contributed by atoms with Crippen molar-refractivity contribution >= 4 is 11.8 Å². The maximum atomic E-state index is 12.7. The Labute approximate surface area is 155 Å². The summed E-state index contributed by atoms with van der Waals surface area (Å²) in [6.45, 7) is 5.46. The fourth-order valence-electron chi connectivity index (χ4n) is 4.74. The molecule has 1 atom stereocenters. The van der Waals surface area contributed by atoms with Crippen LogP contribution in [0.15, 0.2) is 23.0 Å². The standard InChI is InChI=1S/C20H29N3O3/c24-19(21-8-1-2-9-21)16-4-3-10-23(14-16)18-5-11-22(12-6-18)20(25)17-7-13-26-15-17/h7,13,15-16,18H,1-6,8-12,14H2/t16-/m0/s1. The van der Waals surface area contributed by atoms with E-state index >= 15 is 0 Å². The van der Waals surface area contributed by atoms with Gasteiger partial charge >= 0.3 is 0 Å². The third-order valence-corrected chi connectivity index (χ3v) is 6.26. The quantitative estimate of drug-likeness (QED) is 0.830. The first-order valence-electron chi connectivity index (χ1n) is 10.1. The van der Waals surface area contributed by atoms with Crippen LogP contribution in [0, 0.1) is 5.92 Å². The minimum atomic E-state index is 0.0675. The van der Waals surface area contributed by atoms with Crippen molar-refractivity contribution in [1.29, 1.82) is 0 Å². The van der Waals surface area contributed by atoms with E-state index in [2.05, 4.69) is 9.80 Å². The minimum absolute atomic E-state index is 0.0675. The smallest absolute Gasteiger partial charge is 0.257 e. The van der Waals surface area contributed by atoms with Crippen LogP contribution in [0.1, 0.15) is 48.9 Å². The molecule has 0 bridgehead atoms.